The van der Waals surface area contributed by atoms with E-state index in [1.54, 1.807) is 24.6 Å². The summed E-state index contributed by atoms with van der Waals surface area (Å²) in [4.78, 5) is 11.2. The molecule has 3 aromatic heterocycles. The topological polar surface area (TPSA) is 49.2 Å². The van der Waals surface area contributed by atoms with Gasteiger partial charge in [0.25, 0.3) is 0 Å². The fraction of sp³-hybridized carbons (Fsp3) is 0.294. The molecule has 3 aromatic rings. The van der Waals surface area contributed by atoms with Crippen LogP contribution >= 0.6 is 11.3 Å². The molecule has 4 heterocycles. The van der Waals surface area contributed by atoms with Crippen molar-refractivity contribution >= 4 is 11.3 Å². The van der Waals surface area contributed by atoms with Crippen LogP contribution in [0.3, 0.4) is 0 Å². The van der Waals surface area contributed by atoms with Crippen LogP contribution in [-0.4, -0.2) is 28.3 Å². The number of hydrogen-bond acceptors (Lipinski definition) is 5. The molecule has 4 rings (SSSR count). The SMILES string of the molecule is COc1ccc(-n2ccnc2-c2ccc([C@@H]3CCCO3)s2)cn1. The van der Waals surface area contributed by atoms with E-state index < -0.39 is 0 Å². The number of pyridine rings is 1. The molecule has 0 bridgehead atoms. The van der Waals surface area contributed by atoms with Gasteiger partial charge < -0.3 is 9.47 Å². The highest BCUT2D eigenvalue weighted by Crippen LogP contribution is 2.37. The Morgan fingerprint density at radius 2 is 2.22 bits per heavy atom. The van der Waals surface area contributed by atoms with Gasteiger partial charge in [-0.2, -0.15) is 0 Å². The highest BCUT2D eigenvalue weighted by molar-refractivity contribution is 7.15. The van der Waals surface area contributed by atoms with E-state index in [0.29, 0.717) is 5.88 Å². The van der Waals surface area contributed by atoms with Crippen molar-refractivity contribution in [3.8, 4) is 22.3 Å². The molecule has 0 N–H and O–H groups in total. The van der Waals surface area contributed by atoms with E-state index >= 15 is 0 Å². The van der Waals surface area contributed by atoms with Gasteiger partial charge in [0.2, 0.25) is 5.88 Å². The van der Waals surface area contributed by atoms with Gasteiger partial charge >= 0.3 is 0 Å². The van der Waals surface area contributed by atoms with Crippen LogP contribution in [0.4, 0.5) is 0 Å². The van der Waals surface area contributed by atoms with Gasteiger partial charge in [-0.05, 0) is 31.0 Å². The monoisotopic (exact) mass is 327 g/mol. The van der Waals surface area contributed by atoms with Gasteiger partial charge in [-0.15, -0.1) is 11.3 Å². The van der Waals surface area contributed by atoms with Crippen LogP contribution in [0.25, 0.3) is 16.4 Å². The summed E-state index contributed by atoms with van der Waals surface area (Å²) in [6, 6.07) is 8.11. The largest absolute Gasteiger partial charge is 0.481 e. The maximum atomic E-state index is 5.77. The number of hydrogen-bond donors (Lipinski definition) is 0. The molecule has 0 saturated carbocycles. The lowest BCUT2D eigenvalue weighted by Crippen LogP contribution is -1.96. The third-order valence-electron chi connectivity index (χ3n) is 3.94. The Bertz CT molecular complexity index is 788. The molecule has 0 unspecified atom stereocenters. The second kappa shape index (κ2) is 6.14. The molecule has 1 saturated heterocycles. The number of methoxy groups -OCH3 is 1. The highest BCUT2D eigenvalue weighted by Gasteiger charge is 2.20. The van der Waals surface area contributed by atoms with Gasteiger partial charge in [-0.25, -0.2) is 9.97 Å². The summed E-state index contributed by atoms with van der Waals surface area (Å²) in [5.41, 5.74) is 0.963. The molecule has 1 atom stereocenters. The van der Waals surface area contributed by atoms with Crippen molar-refractivity contribution in [2.24, 2.45) is 0 Å². The highest BCUT2D eigenvalue weighted by atomic mass is 32.1. The summed E-state index contributed by atoms with van der Waals surface area (Å²) in [7, 11) is 1.61. The lowest BCUT2D eigenvalue weighted by atomic mass is 10.2. The Balaban J connectivity index is 1.66. The number of aromatic nitrogens is 3. The second-order valence-corrected chi connectivity index (χ2v) is 6.50. The van der Waals surface area contributed by atoms with Crippen LogP contribution in [0.2, 0.25) is 0 Å². The van der Waals surface area contributed by atoms with Crippen LogP contribution in [0.1, 0.15) is 23.8 Å². The Labute approximate surface area is 138 Å². The lowest BCUT2D eigenvalue weighted by Gasteiger charge is -2.07. The molecule has 0 radical (unpaired) electrons. The second-order valence-electron chi connectivity index (χ2n) is 5.38. The fourth-order valence-electron chi connectivity index (χ4n) is 2.78. The molecule has 6 heteroatoms. The van der Waals surface area contributed by atoms with Gasteiger partial charge in [0.15, 0.2) is 5.82 Å². The predicted molar refractivity (Wildman–Crippen MR) is 89.2 cm³/mol. The zero-order chi connectivity index (χ0) is 15.6. The number of rotatable bonds is 4. The molecule has 1 aliphatic heterocycles. The Morgan fingerprint density at radius 1 is 1.26 bits per heavy atom. The summed E-state index contributed by atoms with van der Waals surface area (Å²) in [6.07, 6.45) is 8.05. The van der Waals surface area contributed by atoms with Gasteiger partial charge in [-0.3, -0.25) is 4.57 Å². The van der Waals surface area contributed by atoms with Gasteiger partial charge in [0.05, 0.1) is 30.0 Å². The fourth-order valence-corrected chi connectivity index (χ4v) is 3.86. The van der Waals surface area contributed by atoms with Gasteiger partial charge in [-0.1, -0.05) is 0 Å². The summed E-state index contributed by atoms with van der Waals surface area (Å²) < 4.78 is 12.9. The molecule has 1 fully saturated rings. The Kier molecular flexibility index (Phi) is 3.85. The molecule has 0 amide bonds. The Hall–Kier alpha value is -2.18. The maximum Gasteiger partial charge on any atom is 0.213 e. The zero-order valence-corrected chi connectivity index (χ0v) is 13.6. The van der Waals surface area contributed by atoms with Crippen molar-refractivity contribution in [3.63, 3.8) is 0 Å². The van der Waals surface area contributed by atoms with Crippen molar-refractivity contribution in [1.29, 1.82) is 0 Å². The van der Waals surface area contributed by atoms with Crippen LogP contribution < -0.4 is 4.74 Å². The number of thiophene rings is 1. The molecule has 0 aliphatic carbocycles. The lowest BCUT2D eigenvalue weighted by molar-refractivity contribution is 0.114. The molecule has 0 spiro atoms. The summed E-state index contributed by atoms with van der Waals surface area (Å²) in [5, 5.41) is 0. The van der Waals surface area contributed by atoms with E-state index in [1.165, 1.54) is 4.88 Å². The van der Waals surface area contributed by atoms with Crippen molar-refractivity contribution in [2.45, 2.75) is 18.9 Å². The summed E-state index contributed by atoms with van der Waals surface area (Å²) in [5.74, 6) is 1.53. The minimum Gasteiger partial charge on any atom is -0.481 e. The molecule has 5 nitrogen and oxygen atoms in total. The normalized spacial score (nSPS) is 17.5. The summed E-state index contributed by atoms with van der Waals surface area (Å²) >= 11 is 1.75. The molecule has 1 aliphatic rings. The quantitative estimate of drug-likeness (QED) is 0.730. The van der Waals surface area contributed by atoms with Gasteiger partial charge in [0.1, 0.15) is 0 Å². The third kappa shape index (κ3) is 2.75. The first kappa shape index (κ1) is 14.4. The standard InChI is InChI=1S/C17H17N3O2S/c1-21-16-7-4-12(11-19-16)20-9-8-18-17(20)15-6-5-14(23-15)13-3-2-10-22-13/h4-9,11,13H,2-3,10H2,1H3/t13-/m0/s1. The average Bonchev–Trinajstić information content (AvgIpc) is 3.34. The van der Waals surface area contributed by atoms with E-state index in [-0.39, 0.29) is 6.10 Å². The number of ether oxygens (including phenoxy) is 2. The van der Waals surface area contributed by atoms with E-state index in [1.807, 2.05) is 29.1 Å². The smallest absolute Gasteiger partial charge is 0.213 e. The number of nitrogens with zero attached hydrogens (tertiary/aromatic N) is 3. The van der Waals surface area contributed by atoms with Crippen LogP contribution in [0.5, 0.6) is 5.88 Å². The minimum absolute atomic E-state index is 0.250. The molecule has 0 aromatic carbocycles. The van der Waals surface area contributed by atoms with E-state index in [9.17, 15) is 0 Å². The predicted octanol–water partition coefficient (Wildman–Crippen LogP) is 3.86. The van der Waals surface area contributed by atoms with Gasteiger partial charge in [0, 0.05) is 29.9 Å². The Morgan fingerprint density at radius 3 is 2.96 bits per heavy atom. The van der Waals surface area contributed by atoms with E-state index in [2.05, 4.69) is 22.1 Å². The van der Waals surface area contributed by atoms with E-state index in [0.717, 1.165) is 35.8 Å². The first-order valence-electron chi connectivity index (χ1n) is 7.60. The minimum atomic E-state index is 0.250. The van der Waals surface area contributed by atoms with Crippen LogP contribution in [0.15, 0.2) is 42.9 Å². The van der Waals surface area contributed by atoms with Crippen molar-refractivity contribution in [2.75, 3.05) is 13.7 Å². The van der Waals surface area contributed by atoms with Crippen molar-refractivity contribution in [1.82, 2.24) is 14.5 Å². The van der Waals surface area contributed by atoms with E-state index in [4.69, 9.17) is 9.47 Å². The molecular formula is C17H17N3O2S. The number of imidazole rings is 1. The molecule has 23 heavy (non-hydrogen) atoms. The van der Waals surface area contributed by atoms with Crippen LogP contribution in [0, 0.1) is 0 Å². The first-order valence-corrected chi connectivity index (χ1v) is 8.42. The average molecular weight is 327 g/mol. The third-order valence-corrected chi connectivity index (χ3v) is 5.12. The van der Waals surface area contributed by atoms with Crippen molar-refractivity contribution < 1.29 is 9.47 Å². The maximum absolute atomic E-state index is 5.77. The summed E-state index contributed by atoms with van der Waals surface area (Å²) in [6.45, 7) is 0.865. The van der Waals surface area contributed by atoms with Crippen LogP contribution in [-0.2, 0) is 4.74 Å². The van der Waals surface area contributed by atoms with Crippen molar-refractivity contribution in [3.05, 3.63) is 47.7 Å². The first-order chi connectivity index (χ1) is 11.3. The molecular weight excluding hydrogens is 310 g/mol. The molecule has 118 valence electrons. The zero-order valence-electron chi connectivity index (χ0n) is 12.8.